The number of carboxylic acid groups (broad SMARTS) is 1. The second-order valence-corrected chi connectivity index (χ2v) is 8.09. The number of fused-ring (bicyclic) bond motifs is 1. The molecule has 1 aliphatic heterocycles. The summed E-state index contributed by atoms with van der Waals surface area (Å²) < 4.78 is 37.0. The molecule has 9 nitrogen and oxygen atoms in total. The molecule has 1 atom stereocenters. The maximum absolute atomic E-state index is 13.3. The molecule has 38 heavy (non-hydrogen) atoms. The SMILES string of the molecule is O=C(NNc1nc(-c2ccccc2)no1)C(c1ccccc1)N1CCc2ccccc21.O=C(O)C(F)(F)F. The minimum atomic E-state index is -5.08. The molecule has 0 saturated heterocycles. The summed E-state index contributed by atoms with van der Waals surface area (Å²) >= 11 is 0. The largest absolute Gasteiger partial charge is 0.490 e. The van der Waals surface area contributed by atoms with Gasteiger partial charge in [-0.25, -0.2) is 10.2 Å². The lowest BCUT2D eigenvalue weighted by atomic mass is 10.0. The van der Waals surface area contributed by atoms with Gasteiger partial charge in [0.25, 0.3) is 5.91 Å². The van der Waals surface area contributed by atoms with Crippen molar-refractivity contribution < 1.29 is 32.4 Å². The molecule has 1 aromatic heterocycles. The van der Waals surface area contributed by atoms with Gasteiger partial charge < -0.3 is 14.5 Å². The third-order valence-electron chi connectivity index (χ3n) is 5.59. The van der Waals surface area contributed by atoms with E-state index in [0.717, 1.165) is 29.8 Å². The standard InChI is InChI=1S/C24H21N5O2.C2HF3O2/c30-23(26-27-24-25-22(28-31-24)19-12-5-2-6-13-19)21(18-10-3-1-4-11-18)29-16-15-17-9-7-8-14-20(17)29;3-2(4,5)1(6)7/h1-14,21H,15-16H2,(H,26,30)(H,25,27,28);(H,6,7). The fourth-order valence-electron chi connectivity index (χ4n) is 3.90. The van der Waals surface area contributed by atoms with E-state index >= 15 is 0 Å². The number of hydrogen-bond acceptors (Lipinski definition) is 7. The van der Waals surface area contributed by atoms with Crippen molar-refractivity contribution in [3.05, 3.63) is 96.1 Å². The van der Waals surface area contributed by atoms with E-state index in [1.54, 1.807) is 0 Å². The zero-order valence-corrected chi connectivity index (χ0v) is 19.7. The Morgan fingerprint density at radius 1 is 0.947 bits per heavy atom. The molecule has 0 radical (unpaired) electrons. The second kappa shape index (κ2) is 11.5. The molecule has 1 amide bonds. The maximum Gasteiger partial charge on any atom is 0.490 e. The lowest BCUT2D eigenvalue weighted by Gasteiger charge is -2.29. The fraction of sp³-hybridized carbons (Fsp3) is 0.154. The Labute approximate surface area is 214 Å². The molecule has 0 aliphatic carbocycles. The first-order valence-corrected chi connectivity index (χ1v) is 11.4. The Hall–Kier alpha value is -4.87. The predicted molar refractivity (Wildman–Crippen MR) is 132 cm³/mol. The minimum Gasteiger partial charge on any atom is -0.475 e. The molecule has 0 fully saturated rings. The molecular formula is C26H22F3N5O4. The highest BCUT2D eigenvalue weighted by Gasteiger charge is 2.38. The van der Waals surface area contributed by atoms with Gasteiger partial charge in [-0.15, -0.1) is 0 Å². The number of hydrazine groups is 1. The first-order valence-electron chi connectivity index (χ1n) is 11.4. The number of rotatable bonds is 6. The van der Waals surface area contributed by atoms with Crippen molar-refractivity contribution in [3.8, 4) is 11.4 Å². The van der Waals surface area contributed by atoms with E-state index in [1.165, 1.54) is 5.56 Å². The van der Waals surface area contributed by atoms with Crippen molar-refractivity contribution in [1.82, 2.24) is 15.6 Å². The Balaban J connectivity index is 0.000000426. The molecule has 196 valence electrons. The van der Waals surface area contributed by atoms with Crippen molar-refractivity contribution in [2.75, 3.05) is 16.9 Å². The molecule has 2 heterocycles. The van der Waals surface area contributed by atoms with Gasteiger partial charge in [-0.1, -0.05) is 84.0 Å². The molecule has 12 heteroatoms. The van der Waals surface area contributed by atoms with E-state index in [0.29, 0.717) is 5.82 Å². The van der Waals surface area contributed by atoms with E-state index in [9.17, 15) is 18.0 Å². The van der Waals surface area contributed by atoms with Crippen LogP contribution in [0, 0.1) is 0 Å². The zero-order chi connectivity index (χ0) is 27.1. The van der Waals surface area contributed by atoms with E-state index in [2.05, 4.69) is 38.0 Å². The van der Waals surface area contributed by atoms with Crippen molar-refractivity contribution >= 4 is 23.6 Å². The molecule has 0 bridgehead atoms. The highest BCUT2D eigenvalue weighted by atomic mass is 19.4. The molecule has 4 aromatic rings. The van der Waals surface area contributed by atoms with Gasteiger partial charge >= 0.3 is 18.2 Å². The number of carbonyl (C=O) groups excluding carboxylic acids is 1. The summed E-state index contributed by atoms with van der Waals surface area (Å²) in [7, 11) is 0. The average Bonchev–Trinajstić information content (AvgIpc) is 3.57. The van der Waals surface area contributed by atoms with E-state index < -0.39 is 18.2 Å². The molecule has 1 aliphatic rings. The van der Waals surface area contributed by atoms with Gasteiger partial charge in [-0.05, 0) is 23.6 Å². The number of aromatic nitrogens is 2. The van der Waals surface area contributed by atoms with Crippen LogP contribution in [0.1, 0.15) is 17.2 Å². The number of para-hydroxylation sites is 1. The highest BCUT2D eigenvalue weighted by Crippen LogP contribution is 2.35. The van der Waals surface area contributed by atoms with Crippen LogP contribution in [0.25, 0.3) is 11.4 Å². The third-order valence-corrected chi connectivity index (χ3v) is 5.59. The summed E-state index contributed by atoms with van der Waals surface area (Å²) in [6, 6.07) is 27.1. The molecular weight excluding hydrogens is 503 g/mol. The normalized spacial score (nSPS) is 13.1. The van der Waals surface area contributed by atoms with Crippen LogP contribution < -0.4 is 15.8 Å². The molecule has 3 aromatic carbocycles. The number of hydrogen-bond donors (Lipinski definition) is 3. The summed E-state index contributed by atoms with van der Waals surface area (Å²) in [5.74, 6) is -2.51. The zero-order valence-electron chi connectivity index (χ0n) is 19.7. The number of nitrogens with zero attached hydrogens (tertiary/aromatic N) is 3. The molecule has 5 rings (SSSR count). The van der Waals surface area contributed by atoms with Crippen LogP contribution in [-0.2, 0) is 16.0 Å². The second-order valence-electron chi connectivity index (χ2n) is 8.09. The van der Waals surface area contributed by atoms with Crippen LogP contribution >= 0.6 is 0 Å². The van der Waals surface area contributed by atoms with Gasteiger partial charge in [-0.2, -0.15) is 18.2 Å². The summed E-state index contributed by atoms with van der Waals surface area (Å²) in [5, 5.41) is 11.1. The number of halogens is 3. The number of amides is 1. The van der Waals surface area contributed by atoms with Gasteiger partial charge in [0.1, 0.15) is 6.04 Å². The molecule has 0 saturated carbocycles. The van der Waals surface area contributed by atoms with E-state index in [4.69, 9.17) is 14.4 Å². The van der Waals surface area contributed by atoms with Crippen molar-refractivity contribution in [1.29, 1.82) is 0 Å². The van der Waals surface area contributed by atoms with Crippen molar-refractivity contribution in [3.63, 3.8) is 0 Å². The average molecular weight is 525 g/mol. The van der Waals surface area contributed by atoms with Crippen LogP contribution in [-0.4, -0.2) is 39.8 Å². The lowest BCUT2D eigenvalue weighted by molar-refractivity contribution is -0.192. The van der Waals surface area contributed by atoms with Crippen LogP contribution in [0.4, 0.5) is 24.9 Å². The molecule has 0 spiro atoms. The lowest BCUT2D eigenvalue weighted by Crippen LogP contribution is -2.42. The van der Waals surface area contributed by atoms with Gasteiger partial charge in [0, 0.05) is 17.8 Å². The Morgan fingerprint density at radius 2 is 1.55 bits per heavy atom. The monoisotopic (exact) mass is 525 g/mol. The molecule has 3 N–H and O–H groups in total. The van der Waals surface area contributed by atoms with Crippen LogP contribution in [0.2, 0.25) is 0 Å². The number of benzene rings is 3. The smallest absolute Gasteiger partial charge is 0.475 e. The number of carbonyl (C=O) groups is 2. The number of carboxylic acids is 1. The van der Waals surface area contributed by atoms with Gasteiger partial charge in [0.15, 0.2) is 0 Å². The topological polar surface area (TPSA) is 121 Å². The Morgan fingerprint density at radius 3 is 2.21 bits per heavy atom. The van der Waals surface area contributed by atoms with Gasteiger partial charge in [-0.3, -0.25) is 10.2 Å². The summed E-state index contributed by atoms with van der Waals surface area (Å²) in [6.45, 7) is 0.769. The number of anilines is 2. The van der Waals surface area contributed by atoms with E-state index in [1.807, 2.05) is 72.8 Å². The van der Waals surface area contributed by atoms with Crippen molar-refractivity contribution in [2.45, 2.75) is 18.6 Å². The Kier molecular flexibility index (Phi) is 7.90. The number of nitrogens with one attached hydrogen (secondary N) is 2. The third kappa shape index (κ3) is 6.27. The minimum absolute atomic E-state index is 0.126. The quantitative estimate of drug-likeness (QED) is 0.312. The first kappa shape index (κ1) is 26.2. The molecule has 1 unspecified atom stereocenters. The van der Waals surface area contributed by atoms with Crippen LogP contribution in [0.3, 0.4) is 0 Å². The number of aliphatic carboxylic acids is 1. The Bertz CT molecular complexity index is 1380. The van der Waals surface area contributed by atoms with Crippen LogP contribution in [0.5, 0.6) is 0 Å². The predicted octanol–water partition coefficient (Wildman–Crippen LogP) is 4.62. The van der Waals surface area contributed by atoms with Crippen LogP contribution in [0.15, 0.2) is 89.5 Å². The van der Waals surface area contributed by atoms with Gasteiger partial charge in [0.2, 0.25) is 5.82 Å². The van der Waals surface area contributed by atoms with E-state index in [-0.39, 0.29) is 11.9 Å². The summed E-state index contributed by atoms with van der Waals surface area (Å²) in [4.78, 5) is 28.6. The first-order chi connectivity index (χ1) is 18.2. The number of alkyl halides is 3. The van der Waals surface area contributed by atoms with Gasteiger partial charge in [0.05, 0.1) is 0 Å². The summed E-state index contributed by atoms with van der Waals surface area (Å²) in [6.07, 6.45) is -4.18. The maximum atomic E-state index is 13.3. The summed E-state index contributed by atoms with van der Waals surface area (Å²) in [5.41, 5.74) is 9.58. The van der Waals surface area contributed by atoms with Crippen molar-refractivity contribution in [2.24, 2.45) is 0 Å². The highest BCUT2D eigenvalue weighted by molar-refractivity contribution is 5.88. The fourth-order valence-corrected chi connectivity index (χ4v) is 3.90.